The van der Waals surface area contributed by atoms with Crippen molar-refractivity contribution in [2.75, 3.05) is 12.4 Å². The zero-order valence-electron chi connectivity index (χ0n) is 6.81. The maximum Gasteiger partial charge on any atom is 0.166 e. The molecule has 2 aromatic rings. The molecular formula is C7H6N4O2. The van der Waals surface area contributed by atoms with Crippen LogP contribution in [0.3, 0.4) is 0 Å². The number of aromatic nitrogens is 2. The van der Waals surface area contributed by atoms with Crippen LogP contribution in [0.4, 0.5) is 11.4 Å². The zero-order chi connectivity index (χ0) is 9.26. The molecule has 1 heterocycles. The maximum atomic E-state index is 10.3. The minimum absolute atomic E-state index is 0.232. The monoisotopic (exact) mass is 178 g/mol. The SMILES string of the molecule is CNc1ccc(N=O)c2nonc12. The van der Waals surface area contributed by atoms with E-state index < -0.39 is 0 Å². The third-order valence-corrected chi connectivity index (χ3v) is 1.76. The van der Waals surface area contributed by atoms with Gasteiger partial charge in [0.2, 0.25) is 0 Å². The molecule has 1 aromatic heterocycles. The van der Waals surface area contributed by atoms with Gasteiger partial charge in [-0.15, -0.1) is 4.91 Å². The van der Waals surface area contributed by atoms with E-state index in [4.69, 9.17) is 0 Å². The van der Waals surface area contributed by atoms with Crippen LogP contribution in [0.5, 0.6) is 0 Å². The normalized spacial score (nSPS) is 10.2. The maximum absolute atomic E-state index is 10.3. The van der Waals surface area contributed by atoms with Gasteiger partial charge in [0.05, 0.1) is 5.69 Å². The summed E-state index contributed by atoms with van der Waals surface area (Å²) in [4.78, 5) is 10.3. The van der Waals surface area contributed by atoms with E-state index in [1.807, 2.05) is 0 Å². The Labute approximate surface area is 72.9 Å². The van der Waals surface area contributed by atoms with E-state index in [2.05, 4.69) is 25.4 Å². The Hall–Kier alpha value is -1.98. The van der Waals surface area contributed by atoms with Crippen molar-refractivity contribution in [1.29, 1.82) is 0 Å². The van der Waals surface area contributed by atoms with Crippen LogP contribution in [0, 0.1) is 4.91 Å². The summed E-state index contributed by atoms with van der Waals surface area (Å²) in [6.07, 6.45) is 0. The first-order valence-electron chi connectivity index (χ1n) is 3.63. The molecule has 0 saturated carbocycles. The Bertz CT molecular complexity index is 451. The lowest BCUT2D eigenvalue weighted by Gasteiger charge is -1.98. The van der Waals surface area contributed by atoms with Gasteiger partial charge in [0.15, 0.2) is 11.0 Å². The summed E-state index contributed by atoms with van der Waals surface area (Å²) in [5, 5.41) is 12.9. The van der Waals surface area contributed by atoms with Gasteiger partial charge >= 0.3 is 0 Å². The standard InChI is InChI=1S/C7H6N4O2/c1-8-4-2-3-5(9-12)7-6(4)10-13-11-7/h2-3,8H,1H3. The second-order valence-electron chi connectivity index (χ2n) is 2.43. The molecule has 0 atom stereocenters. The molecule has 66 valence electrons. The fourth-order valence-corrected chi connectivity index (χ4v) is 1.13. The Kier molecular flexibility index (Phi) is 1.66. The first kappa shape index (κ1) is 7.66. The minimum atomic E-state index is 0.232. The van der Waals surface area contributed by atoms with E-state index in [-0.39, 0.29) is 5.69 Å². The van der Waals surface area contributed by atoms with Gasteiger partial charge in [-0.2, -0.15) is 0 Å². The first-order valence-corrected chi connectivity index (χ1v) is 3.63. The fraction of sp³-hybridized carbons (Fsp3) is 0.143. The topological polar surface area (TPSA) is 80.4 Å². The second-order valence-corrected chi connectivity index (χ2v) is 2.43. The molecule has 0 amide bonds. The zero-order valence-corrected chi connectivity index (χ0v) is 6.81. The number of fused-ring (bicyclic) bond motifs is 1. The van der Waals surface area contributed by atoms with Gasteiger partial charge in [0, 0.05) is 7.05 Å². The van der Waals surface area contributed by atoms with Crippen molar-refractivity contribution in [3.63, 3.8) is 0 Å². The average molecular weight is 178 g/mol. The molecule has 13 heavy (non-hydrogen) atoms. The number of anilines is 1. The number of hydrogen-bond donors (Lipinski definition) is 1. The van der Waals surface area contributed by atoms with Crippen molar-refractivity contribution in [2.45, 2.75) is 0 Å². The molecule has 1 N–H and O–H groups in total. The molecule has 0 spiro atoms. The molecule has 0 saturated heterocycles. The molecule has 0 fully saturated rings. The highest BCUT2D eigenvalue weighted by Gasteiger charge is 2.10. The molecule has 0 bridgehead atoms. The number of nitrogens with one attached hydrogen (secondary N) is 1. The summed E-state index contributed by atoms with van der Waals surface area (Å²) >= 11 is 0. The number of hydrogen-bond acceptors (Lipinski definition) is 6. The van der Waals surface area contributed by atoms with E-state index in [1.54, 1.807) is 19.2 Å². The van der Waals surface area contributed by atoms with E-state index in [0.29, 0.717) is 11.0 Å². The van der Waals surface area contributed by atoms with Crippen molar-refractivity contribution in [1.82, 2.24) is 10.3 Å². The molecule has 0 aliphatic carbocycles. The lowest BCUT2D eigenvalue weighted by Crippen LogP contribution is -1.88. The first-order chi connectivity index (χ1) is 6.36. The van der Waals surface area contributed by atoms with Gasteiger partial charge < -0.3 is 5.32 Å². The summed E-state index contributed by atoms with van der Waals surface area (Å²) in [5.41, 5.74) is 1.88. The number of nitroso groups, excluding NO2 is 1. The van der Waals surface area contributed by atoms with Crippen LogP contribution in [0.15, 0.2) is 21.9 Å². The van der Waals surface area contributed by atoms with E-state index in [9.17, 15) is 4.91 Å². The Morgan fingerprint density at radius 1 is 1.38 bits per heavy atom. The minimum Gasteiger partial charge on any atom is -0.386 e. The molecule has 0 radical (unpaired) electrons. The molecule has 0 aliphatic heterocycles. The second kappa shape index (κ2) is 2.81. The van der Waals surface area contributed by atoms with Gasteiger partial charge in [0.25, 0.3) is 0 Å². The van der Waals surface area contributed by atoms with Gasteiger partial charge in [-0.3, -0.25) is 0 Å². The third-order valence-electron chi connectivity index (χ3n) is 1.76. The molecule has 1 aromatic carbocycles. The van der Waals surface area contributed by atoms with Crippen LogP contribution in [-0.4, -0.2) is 17.4 Å². The van der Waals surface area contributed by atoms with Gasteiger partial charge in [-0.1, -0.05) is 0 Å². The van der Waals surface area contributed by atoms with Crippen molar-refractivity contribution >= 4 is 22.4 Å². The average Bonchev–Trinajstić information content (AvgIpc) is 2.64. The summed E-state index contributed by atoms with van der Waals surface area (Å²) in [6.45, 7) is 0. The number of rotatable bonds is 2. The van der Waals surface area contributed by atoms with Crippen molar-refractivity contribution in [3.8, 4) is 0 Å². The molecule has 0 unspecified atom stereocenters. The highest BCUT2D eigenvalue weighted by atomic mass is 16.6. The van der Waals surface area contributed by atoms with Gasteiger partial charge in [-0.25, -0.2) is 4.63 Å². The highest BCUT2D eigenvalue weighted by Crippen LogP contribution is 2.28. The van der Waals surface area contributed by atoms with Crippen molar-refractivity contribution < 1.29 is 4.63 Å². The summed E-state index contributed by atoms with van der Waals surface area (Å²) < 4.78 is 4.51. The molecule has 6 nitrogen and oxygen atoms in total. The smallest absolute Gasteiger partial charge is 0.166 e. The van der Waals surface area contributed by atoms with Crippen LogP contribution in [0.25, 0.3) is 11.0 Å². The van der Waals surface area contributed by atoms with Crippen LogP contribution in [0.2, 0.25) is 0 Å². The van der Waals surface area contributed by atoms with Crippen LogP contribution in [0.1, 0.15) is 0 Å². The lowest BCUT2D eigenvalue weighted by atomic mass is 10.2. The Morgan fingerprint density at radius 3 is 2.85 bits per heavy atom. The highest BCUT2D eigenvalue weighted by molar-refractivity contribution is 5.94. The lowest BCUT2D eigenvalue weighted by molar-refractivity contribution is 0.315. The number of benzene rings is 1. The summed E-state index contributed by atoms with van der Waals surface area (Å²) in [6, 6.07) is 3.26. The fourth-order valence-electron chi connectivity index (χ4n) is 1.13. The van der Waals surface area contributed by atoms with Crippen molar-refractivity contribution in [2.24, 2.45) is 5.18 Å². The third kappa shape index (κ3) is 1.03. The quantitative estimate of drug-likeness (QED) is 0.707. The Balaban J connectivity index is 2.81. The largest absolute Gasteiger partial charge is 0.386 e. The van der Waals surface area contributed by atoms with E-state index >= 15 is 0 Å². The number of nitrogens with zero attached hydrogens (tertiary/aromatic N) is 3. The van der Waals surface area contributed by atoms with E-state index in [0.717, 1.165) is 5.69 Å². The molecule has 6 heteroatoms. The predicted molar refractivity (Wildman–Crippen MR) is 46.8 cm³/mol. The molecule has 2 rings (SSSR count). The van der Waals surface area contributed by atoms with Gasteiger partial charge in [-0.05, 0) is 27.6 Å². The molecular weight excluding hydrogens is 172 g/mol. The van der Waals surface area contributed by atoms with Crippen LogP contribution >= 0.6 is 0 Å². The summed E-state index contributed by atoms with van der Waals surface area (Å²) in [5.74, 6) is 0. The molecule has 0 aliphatic rings. The van der Waals surface area contributed by atoms with Crippen molar-refractivity contribution in [3.05, 3.63) is 17.0 Å². The summed E-state index contributed by atoms with van der Waals surface area (Å²) in [7, 11) is 1.75. The predicted octanol–water partition coefficient (Wildman–Crippen LogP) is 1.66. The van der Waals surface area contributed by atoms with Crippen LogP contribution in [-0.2, 0) is 0 Å². The van der Waals surface area contributed by atoms with E-state index in [1.165, 1.54) is 0 Å². The van der Waals surface area contributed by atoms with Crippen LogP contribution < -0.4 is 5.32 Å². The van der Waals surface area contributed by atoms with Gasteiger partial charge in [0.1, 0.15) is 5.69 Å². The Morgan fingerprint density at radius 2 is 2.15 bits per heavy atom.